The molecule has 1 aromatic carbocycles. The maximum Gasteiger partial charge on any atom is 0.233 e. The molecule has 2 aromatic heterocycles. The summed E-state index contributed by atoms with van der Waals surface area (Å²) in [5.41, 5.74) is 3.25. The van der Waals surface area contributed by atoms with E-state index < -0.39 is 0 Å². The third kappa shape index (κ3) is 2.54. The molecule has 0 amide bonds. The van der Waals surface area contributed by atoms with Crippen LogP contribution in [0.1, 0.15) is 31.9 Å². The predicted octanol–water partition coefficient (Wildman–Crippen LogP) is 3.76. The number of aromatic nitrogens is 4. The highest BCUT2D eigenvalue weighted by molar-refractivity contribution is 5.79. The van der Waals surface area contributed by atoms with Crippen molar-refractivity contribution in [3.05, 3.63) is 41.9 Å². The molecule has 3 aromatic rings. The van der Waals surface area contributed by atoms with Gasteiger partial charge < -0.3 is 4.74 Å². The van der Waals surface area contributed by atoms with Crippen LogP contribution in [0.4, 0.5) is 0 Å². The smallest absolute Gasteiger partial charge is 0.233 e. The molecule has 0 unspecified atom stereocenters. The summed E-state index contributed by atoms with van der Waals surface area (Å²) in [4.78, 5) is 8.46. The first-order chi connectivity index (χ1) is 10.4. The van der Waals surface area contributed by atoms with Gasteiger partial charge in [-0.1, -0.05) is 32.9 Å². The molecule has 0 aliphatic heterocycles. The predicted molar refractivity (Wildman–Crippen MR) is 86.3 cm³/mol. The molecule has 0 aliphatic rings. The van der Waals surface area contributed by atoms with Crippen LogP contribution in [0, 0.1) is 6.92 Å². The van der Waals surface area contributed by atoms with E-state index in [1.807, 2.05) is 20.0 Å². The van der Waals surface area contributed by atoms with Crippen molar-refractivity contribution in [2.45, 2.75) is 33.1 Å². The topological polar surface area (TPSA) is 52.8 Å². The SMILES string of the molecule is Cc1cc(C(C)(C)C)ccc1Oc1ncnc2c1cnn2C. The molecule has 5 heteroatoms. The standard InChI is InChI=1S/C17H20N4O/c1-11-8-12(17(2,3)4)6-7-14(11)22-16-13-9-20-21(5)15(13)18-10-19-16/h6-10H,1-5H3. The molecule has 0 aliphatic carbocycles. The highest BCUT2D eigenvalue weighted by Gasteiger charge is 2.16. The first kappa shape index (κ1) is 14.5. The Labute approximate surface area is 130 Å². The van der Waals surface area contributed by atoms with Crippen LogP contribution in [0.2, 0.25) is 0 Å². The molecule has 22 heavy (non-hydrogen) atoms. The maximum absolute atomic E-state index is 6.00. The van der Waals surface area contributed by atoms with Crippen LogP contribution in [-0.2, 0) is 12.5 Å². The Morgan fingerprint density at radius 2 is 1.91 bits per heavy atom. The van der Waals surface area contributed by atoms with Crippen LogP contribution in [0.25, 0.3) is 11.0 Å². The summed E-state index contributed by atoms with van der Waals surface area (Å²) in [6, 6.07) is 6.27. The number of benzene rings is 1. The average Bonchev–Trinajstić information content (AvgIpc) is 2.83. The Kier molecular flexibility index (Phi) is 3.35. The second kappa shape index (κ2) is 5.09. The molecule has 0 atom stereocenters. The van der Waals surface area contributed by atoms with Gasteiger partial charge >= 0.3 is 0 Å². The number of fused-ring (bicyclic) bond motifs is 1. The number of hydrogen-bond donors (Lipinski definition) is 0. The number of aryl methyl sites for hydroxylation is 2. The fourth-order valence-electron chi connectivity index (χ4n) is 2.36. The van der Waals surface area contributed by atoms with Gasteiger partial charge in [0.15, 0.2) is 5.65 Å². The lowest BCUT2D eigenvalue weighted by Gasteiger charge is -2.20. The van der Waals surface area contributed by atoms with E-state index in [0.717, 1.165) is 22.3 Å². The molecule has 0 spiro atoms. The number of rotatable bonds is 2. The zero-order valence-corrected chi connectivity index (χ0v) is 13.6. The van der Waals surface area contributed by atoms with E-state index in [0.29, 0.717) is 5.88 Å². The minimum absolute atomic E-state index is 0.120. The van der Waals surface area contributed by atoms with Crippen molar-refractivity contribution in [3.8, 4) is 11.6 Å². The monoisotopic (exact) mass is 296 g/mol. The third-order valence-electron chi connectivity index (χ3n) is 3.74. The second-order valence-corrected chi connectivity index (χ2v) is 6.52. The van der Waals surface area contributed by atoms with Gasteiger partial charge in [0.1, 0.15) is 17.5 Å². The zero-order valence-electron chi connectivity index (χ0n) is 13.6. The van der Waals surface area contributed by atoms with E-state index in [-0.39, 0.29) is 5.41 Å². The van der Waals surface area contributed by atoms with Gasteiger partial charge in [-0.25, -0.2) is 9.97 Å². The molecule has 0 radical (unpaired) electrons. The van der Waals surface area contributed by atoms with Crippen LogP contribution in [0.5, 0.6) is 11.6 Å². The second-order valence-electron chi connectivity index (χ2n) is 6.52. The largest absolute Gasteiger partial charge is 0.438 e. The van der Waals surface area contributed by atoms with Gasteiger partial charge in [-0.15, -0.1) is 0 Å². The molecule has 2 heterocycles. The molecule has 114 valence electrons. The Balaban J connectivity index is 1.99. The van der Waals surface area contributed by atoms with Crippen molar-refractivity contribution >= 4 is 11.0 Å². The molecular weight excluding hydrogens is 276 g/mol. The van der Waals surface area contributed by atoms with Gasteiger partial charge in [0.25, 0.3) is 0 Å². The van der Waals surface area contributed by atoms with Gasteiger partial charge in [-0.3, -0.25) is 4.68 Å². The van der Waals surface area contributed by atoms with Gasteiger partial charge in [0.05, 0.1) is 6.20 Å². The van der Waals surface area contributed by atoms with Crippen molar-refractivity contribution in [2.24, 2.45) is 7.05 Å². The lowest BCUT2D eigenvalue weighted by molar-refractivity contribution is 0.463. The molecule has 0 N–H and O–H groups in total. The van der Waals surface area contributed by atoms with Crippen molar-refractivity contribution < 1.29 is 4.74 Å². The van der Waals surface area contributed by atoms with Crippen molar-refractivity contribution in [1.82, 2.24) is 19.7 Å². The molecular formula is C17H20N4O. The third-order valence-corrected chi connectivity index (χ3v) is 3.74. The fourth-order valence-corrected chi connectivity index (χ4v) is 2.36. The summed E-state index contributed by atoms with van der Waals surface area (Å²) in [5, 5.41) is 5.01. The number of nitrogens with zero attached hydrogens (tertiary/aromatic N) is 4. The van der Waals surface area contributed by atoms with Crippen molar-refractivity contribution in [2.75, 3.05) is 0 Å². The average molecular weight is 296 g/mol. The Bertz CT molecular complexity index is 830. The van der Waals surface area contributed by atoms with Crippen LogP contribution in [-0.4, -0.2) is 19.7 Å². The quantitative estimate of drug-likeness (QED) is 0.722. The van der Waals surface area contributed by atoms with E-state index in [2.05, 4.69) is 48.0 Å². The summed E-state index contributed by atoms with van der Waals surface area (Å²) in [6.45, 7) is 8.65. The van der Waals surface area contributed by atoms with E-state index in [1.54, 1.807) is 10.9 Å². The molecule has 0 saturated carbocycles. The van der Waals surface area contributed by atoms with Crippen LogP contribution in [0.15, 0.2) is 30.7 Å². The van der Waals surface area contributed by atoms with Crippen molar-refractivity contribution in [3.63, 3.8) is 0 Å². The van der Waals surface area contributed by atoms with E-state index in [9.17, 15) is 0 Å². The fraction of sp³-hybridized carbons (Fsp3) is 0.353. The Hall–Kier alpha value is -2.43. The first-order valence-corrected chi connectivity index (χ1v) is 7.28. The lowest BCUT2D eigenvalue weighted by atomic mass is 9.86. The molecule has 0 fully saturated rings. The highest BCUT2D eigenvalue weighted by atomic mass is 16.5. The van der Waals surface area contributed by atoms with Gasteiger partial charge in [-0.2, -0.15) is 5.10 Å². The summed E-state index contributed by atoms with van der Waals surface area (Å²) >= 11 is 0. The first-order valence-electron chi connectivity index (χ1n) is 7.28. The Morgan fingerprint density at radius 3 is 2.59 bits per heavy atom. The summed E-state index contributed by atoms with van der Waals surface area (Å²) < 4.78 is 7.71. The number of ether oxygens (including phenoxy) is 1. The molecule has 3 rings (SSSR count). The van der Waals surface area contributed by atoms with Gasteiger partial charge in [0, 0.05) is 7.05 Å². The van der Waals surface area contributed by atoms with Gasteiger partial charge in [-0.05, 0) is 29.5 Å². The molecule has 5 nitrogen and oxygen atoms in total. The van der Waals surface area contributed by atoms with Crippen LogP contribution < -0.4 is 4.74 Å². The van der Waals surface area contributed by atoms with Gasteiger partial charge in [0.2, 0.25) is 5.88 Å². The Morgan fingerprint density at radius 1 is 1.14 bits per heavy atom. The minimum Gasteiger partial charge on any atom is -0.438 e. The maximum atomic E-state index is 6.00. The zero-order chi connectivity index (χ0) is 15.9. The minimum atomic E-state index is 0.120. The summed E-state index contributed by atoms with van der Waals surface area (Å²) in [5.74, 6) is 1.33. The molecule has 0 bridgehead atoms. The summed E-state index contributed by atoms with van der Waals surface area (Å²) in [6.07, 6.45) is 3.22. The van der Waals surface area contributed by atoms with E-state index in [4.69, 9.17) is 4.74 Å². The highest BCUT2D eigenvalue weighted by Crippen LogP contribution is 2.31. The van der Waals surface area contributed by atoms with E-state index in [1.165, 1.54) is 11.9 Å². The summed E-state index contributed by atoms with van der Waals surface area (Å²) in [7, 11) is 1.85. The normalized spacial score (nSPS) is 11.9. The van der Waals surface area contributed by atoms with Crippen LogP contribution in [0.3, 0.4) is 0 Å². The van der Waals surface area contributed by atoms with E-state index >= 15 is 0 Å². The number of hydrogen-bond acceptors (Lipinski definition) is 4. The lowest BCUT2D eigenvalue weighted by Crippen LogP contribution is -2.11. The molecule has 0 saturated heterocycles. The van der Waals surface area contributed by atoms with Crippen LogP contribution >= 0.6 is 0 Å². The van der Waals surface area contributed by atoms with Crippen molar-refractivity contribution in [1.29, 1.82) is 0 Å².